The van der Waals surface area contributed by atoms with Gasteiger partial charge in [0.25, 0.3) is 0 Å². The van der Waals surface area contributed by atoms with Crippen LogP contribution < -0.4 is 0 Å². The summed E-state index contributed by atoms with van der Waals surface area (Å²) in [6.45, 7) is 0. The molecule has 0 saturated carbocycles. The molecule has 15 heavy (non-hydrogen) atoms. The summed E-state index contributed by atoms with van der Waals surface area (Å²) < 4.78 is 4.58. The molecule has 0 N–H and O–H groups in total. The maximum absolute atomic E-state index is 11.1. The summed E-state index contributed by atoms with van der Waals surface area (Å²) >= 11 is 5.49. The highest BCUT2D eigenvalue weighted by molar-refractivity contribution is 6.18. The second-order valence-electron chi connectivity index (χ2n) is 2.81. The Kier molecular flexibility index (Phi) is 4.73. The summed E-state index contributed by atoms with van der Waals surface area (Å²) in [5.41, 5.74) is 1.40. The Morgan fingerprint density at radius 1 is 1.40 bits per heavy atom. The Balaban J connectivity index is 2.73. The van der Waals surface area contributed by atoms with Crippen molar-refractivity contribution in [3.8, 4) is 11.8 Å². The SMILES string of the molecule is COC(=O)c1ccc(C#CCCCl)cc1. The molecular weight excluding hydrogens is 212 g/mol. The van der Waals surface area contributed by atoms with Crippen molar-refractivity contribution in [2.45, 2.75) is 6.42 Å². The smallest absolute Gasteiger partial charge is 0.337 e. The van der Waals surface area contributed by atoms with Crippen LogP contribution in [0.1, 0.15) is 22.3 Å². The van der Waals surface area contributed by atoms with Crippen LogP contribution in [0.3, 0.4) is 0 Å². The first-order valence-corrected chi connectivity index (χ1v) is 5.04. The molecule has 3 heteroatoms. The van der Waals surface area contributed by atoms with Crippen LogP contribution in [0.2, 0.25) is 0 Å². The van der Waals surface area contributed by atoms with Gasteiger partial charge in [0.1, 0.15) is 0 Å². The Morgan fingerprint density at radius 3 is 2.60 bits per heavy atom. The molecule has 0 radical (unpaired) electrons. The predicted octanol–water partition coefficient (Wildman–Crippen LogP) is 2.45. The normalized spacial score (nSPS) is 8.93. The van der Waals surface area contributed by atoms with Gasteiger partial charge in [0, 0.05) is 17.9 Å². The van der Waals surface area contributed by atoms with Crippen LogP contribution in [0.15, 0.2) is 24.3 Å². The number of methoxy groups -OCH3 is 1. The third-order valence-corrected chi connectivity index (χ3v) is 1.95. The number of alkyl halides is 1. The third-order valence-electron chi connectivity index (χ3n) is 1.76. The zero-order chi connectivity index (χ0) is 11.1. The topological polar surface area (TPSA) is 26.3 Å². The van der Waals surface area contributed by atoms with E-state index in [1.807, 2.05) is 0 Å². The average molecular weight is 223 g/mol. The lowest BCUT2D eigenvalue weighted by Gasteiger charge is -1.97. The summed E-state index contributed by atoms with van der Waals surface area (Å²) in [7, 11) is 1.36. The number of ether oxygens (including phenoxy) is 1. The molecular formula is C12H11ClO2. The molecule has 0 saturated heterocycles. The van der Waals surface area contributed by atoms with Crippen molar-refractivity contribution in [3.63, 3.8) is 0 Å². The zero-order valence-corrected chi connectivity index (χ0v) is 9.17. The number of hydrogen-bond acceptors (Lipinski definition) is 2. The number of rotatable bonds is 2. The maximum Gasteiger partial charge on any atom is 0.337 e. The number of halogens is 1. The molecule has 78 valence electrons. The predicted molar refractivity (Wildman–Crippen MR) is 60.0 cm³/mol. The minimum Gasteiger partial charge on any atom is -0.465 e. The van der Waals surface area contributed by atoms with Crippen molar-refractivity contribution < 1.29 is 9.53 Å². The van der Waals surface area contributed by atoms with Gasteiger partial charge in [-0.3, -0.25) is 0 Å². The number of carbonyl (C=O) groups is 1. The van der Waals surface area contributed by atoms with Crippen molar-refractivity contribution in [3.05, 3.63) is 35.4 Å². The van der Waals surface area contributed by atoms with Crippen molar-refractivity contribution in [2.24, 2.45) is 0 Å². The molecule has 1 aromatic carbocycles. The van der Waals surface area contributed by atoms with Crippen molar-refractivity contribution in [1.29, 1.82) is 0 Å². The van der Waals surface area contributed by atoms with Crippen LogP contribution in [-0.2, 0) is 4.74 Å². The van der Waals surface area contributed by atoms with E-state index in [0.29, 0.717) is 17.9 Å². The largest absolute Gasteiger partial charge is 0.465 e. The van der Waals surface area contributed by atoms with E-state index >= 15 is 0 Å². The second kappa shape index (κ2) is 6.10. The van der Waals surface area contributed by atoms with E-state index < -0.39 is 0 Å². The molecule has 1 aromatic rings. The fraction of sp³-hybridized carbons (Fsp3) is 0.250. The summed E-state index contributed by atoms with van der Waals surface area (Å²) in [5, 5.41) is 0. The lowest BCUT2D eigenvalue weighted by molar-refractivity contribution is 0.0601. The monoisotopic (exact) mass is 222 g/mol. The molecule has 2 nitrogen and oxygen atoms in total. The third kappa shape index (κ3) is 3.65. The lowest BCUT2D eigenvalue weighted by Crippen LogP contribution is -2.00. The van der Waals surface area contributed by atoms with Crippen LogP contribution in [0.4, 0.5) is 0 Å². The molecule has 0 aliphatic carbocycles. The van der Waals surface area contributed by atoms with Crippen molar-refractivity contribution >= 4 is 17.6 Å². The average Bonchev–Trinajstić information content (AvgIpc) is 2.29. The zero-order valence-electron chi connectivity index (χ0n) is 8.42. The van der Waals surface area contributed by atoms with Gasteiger partial charge < -0.3 is 4.74 Å². The van der Waals surface area contributed by atoms with Gasteiger partial charge in [-0.2, -0.15) is 0 Å². The van der Waals surface area contributed by atoms with Crippen LogP contribution >= 0.6 is 11.6 Å². The van der Waals surface area contributed by atoms with Gasteiger partial charge in [0.15, 0.2) is 0 Å². The molecule has 0 amide bonds. The van der Waals surface area contributed by atoms with E-state index in [4.69, 9.17) is 11.6 Å². The maximum atomic E-state index is 11.1. The van der Waals surface area contributed by atoms with Gasteiger partial charge in [0.05, 0.1) is 12.7 Å². The Hall–Kier alpha value is -1.46. The first-order chi connectivity index (χ1) is 7.27. The molecule has 0 atom stereocenters. The molecule has 0 heterocycles. The Labute approximate surface area is 94.2 Å². The molecule has 0 bridgehead atoms. The van der Waals surface area contributed by atoms with E-state index in [0.717, 1.165) is 5.56 Å². The lowest BCUT2D eigenvalue weighted by atomic mass is 10.1. The summed E-state index contributed by atoms with van der Waals surface area (Å²) in [5.74, 6) is 6.06. The van der Waals surface area contributed by atoms with Gasteiger partial charge in [-0.1, -0.05) is 11.8 Å². The molecule has 0 aromatic heterocycles. The Morgan fingerprint density at radius 2 is 2.07 bits per heavy atom. The van der Waals surface area contributed by atoms with Crippen LogP contribution in [0.25, 0.3) is 0 Å². The molecule has 1 rings (SSSR count). The van der Waals surface area contributed by atoms with Crippen LogP contribution in [0, 0.1) is 11.8 Å². The molecule has 0 spiro atoms. The highest BCUT2D eigenvalue weighted by Crippen LogP contribution is 2.04. The molecule has 0 aliphatic heterocycles. The fourth-order valence-corrected chi connectivity index (χ4v) is 1.11. The highest BCUT2D eigenvalue weighted by atomic mass is 35.5. The Bertz CT molecular complexity index is 384. The highest BCUT2D eigenvalue weighted by Gasteiger charge is 2.02. The number of carbonyl (C=O) groups excluding carboxylic acids is 1. The van der Waals surface area contributed by atoms with Crippen molar-refractivity contribution in [2.75, 3.05) is 13.0 Å². The van der Waals surface area contributed by atoms with Crippen LogP contribution in [-0.4, -0.2) is 19.0 Å². The van der Waals surface area contributed by atoms with E-state index in [1.54, 1.807) is 24.3 Å². The van der Waals surface area contributed by atoms with Gasteiger partial charge in [0.2, 0.25) is 0 Å². The fourth-order valence-electron chi connectivity index (χ4n) is 1.02. The number of hydrogen-bond donors (Lipinski definition) is 0. The number of esters is 1. The number of benzene rings is 1. The summed E-state index contributed by atoms with van der Waals surface area (Å²) in [4.78, 5) is 11.1. The molecule has 0 fully saturated rings. The second-order valence-corrected chi connectivity index (χ2v) is 3.19. The standard InChI is InChI=1S/C12H11ClO2/c1-15-12(14)11-7-5-10(6-8-11)4-2-3-9-13/h5-8H,3,9H2,1H3. The molecule has 0 aliphatic rings. The van der Waals surface area contributed by atoms with Gasteiger partial charge in [-0.05, 0) is 24.3 Å². The minimum absolute atomic E-state index is 0.338. The van der Waals surface area contributed by atoms with E-state index in [9.17, 15) is 4.79 Å². The molecule has 0 unspecified atom stereocenters. The van der Waals surface area contributed by atoms with E-state index in [-0.39, 0.29) is 5.97 Å². The minimum atomic E-state index is -0.338. The van der Waals surface area contributed by atoms with Crippen LogP contribution in [0.5, 0.6) is 0 Å². The first-order valence-electron chi connectivity index (χ1n) is 4.51. The quantitative estimate of drug-likeness (QED) is 0.437. The van der Waals surface area contributed by atoms with Gasteiger partial charge in [-0.25, -0.2) is 4.79 Å². The van der Waals surface area contributed by atoms with E-state index in [2.05, 4.69) is 16.6 Å². The van der Waals surface area contributed by atoms with E-state index in [1.165, 1.54) is 7.11 Å². The van der Waals surface area contributed by atoms with Crippen molar-refractivity contribution in [1.82, 2.24) is 0 Å². The summed E-state index contributed by atoms with van der Waals surface area (Å²) in [6, 6.07) is 6.95. The van der Waals surface area contributed by atoms with Gasteiger partial charge in [-0.15, -0.1) is 11.6 Å². The van der Waals surface area contributed by atoms with Gasteiger partial charge >= 0.3 is 5.97 Å². The summed E-state index contributed by atoms with van der Waals surface area (Å²) in [6.07, 6.45) is 0.667. The first kappa shape index (κ1) is 11.6.